The summed E-state index contributed by atoms with van der Waals surface area (Å²) in [7, 11) is 1.72. The molecular weight excluding hydrogens is 224 g/mol. The minimum absolute atomic E-state index is 0.765. The predicted octanol–water partition coefficient (Wildman–Crippen LogP) is 2.32. The molecule has 0 saturated carbocycles. The fraction of sp³-hybridized carbons (Fsp3) is 0.400. The maximum Gasteiger partial charge on any atom is 0.0705 e. The summed E-state index contributed by atoms with van der Waals surface area (Å²) in [5, 5.41) is 4.57. The van der Waals surface area contributed by atoms with Crippen molar-refractivity contribution in [3.8, 4) is 0 Å². The van der Waals surface area contributed by atoms with Crippen molar-refractivity contribution in [1.29, 1.82) is 0 Å². The Hall–Kier alpha value is -1.45. The first-order valence-corrected chi connectivity index (χ1v) is 6.35. The van der Waals surface area contributed by atoms with Crippen molar-refractivity contribution in [2.24, 2.45) is 0 Å². The summed E-state index contributed by atoms with van der Waals surface area (Å²) in [4.78, 5) is 4.51. The van der Waals surface area contributed by atoms with Crippen LogP contribution in [-0.2, 0) is 11.2 Å². The number of fused-ring (bicyclic) bond motifs is 1. The number of benzene rings is 1. The number of hydrogen-bond acceptors (Lipinski definition) is 3. The monoisotopic (exact) mass is 244 g/mol. The molecule has 0 fully saturated rings. The molecule has 0 unspecified atom stereocenters. The number of aryl methyl sites for hydroxylation is 1. The molecule has 2 rings (SSSR count). The molecule has 18 heavy (non-hydrogen) atoms. The van der Waals surface area contributed by atoms with Crippen molar-refractivity contribution in [3.63, 3.8) is 0 Å². The molecule has 0 bridgehead atoms. The van der Waals surface area contributed by atoms with E-state index < -0.39 is 0 Å². The van der Waals surface area contributed by atoms with Gasteiger partial charge in [-0.15, -0.1) is 0 Å². The zero-order valence-corrected chi connectivity index (χ0v) is 11.1. The molecule has 0 radical (unpaired) electrons. The van der Waals surface area contributed by atoms with Crippen LogP contribution < -0.4 is 5.32 Å². The number of methoxy groups -OCH3 is 1. The van der Waals surface area contributed by atoms with Gasteiger partial charge in [0.05, 0.1) is 12.1 Å². The summed E-state index contributed by atoms with van der Waals surface area (Å²) in [5.74, 6) is 0. The molecule has 3 heteroatoms. The van der Waals surface area contributed by atoms with E-state index in [0.717, 1.165) is 37.3 Å². The molecule has 0 aliphatic carbocycles. The van der Waals surface area contributed by atoms with Crippen LogP contribution in [-0.4, -0.2) is 31.8 Å². The van der Waals surface area contributed by atoms with Crippen LogP contribution in [0.1, 0.15) is 11.3 Å². The van der Waals surface area contributed by atoms with Crippen molar-refractivity contribution in [3.05, 3.63) is 41.6 Å². The van der Waals surface area contributed by atoms with E-state index >= 15 is 0 Å². The highest BCUT2D eigenvalue weighted by molar-refractivity contribution is 5.79. The minimum Gasteiger partial charge on any atom is -0.383 e. The molecule has 0 amide bonds. The van der Waals surface area contributed by atoms with Gasteiger partial charge in [-0.1, -0.05) is 12.1 Å². The van der Waals surface area contributed by atoms with Gasteiger partial charge in [0.1, 0.15) is 0 Å². The van der Waals surface area contributed by atoms with Crippen LogP contribution >= 0.6 is 0 Å². The van der Waals surface area contributed by atoms with E-state index in [9.17, 15) is 0 Å². The number of nitrogens with one attached hydrogen (secondary N) is 1. The lowest BCUT2D eigenvalue weighted by molar-refractivity contribution is 0.199. The lowest BCUT2D eigenvalue weighted by Crippen LogP contribution is -2.21. The van der Waals surface area contributed by atoms with E-state index in [1.165, 1.54) is 10.9 Å². The molecule has 1 heterocycles. The molecule has 1 N–H and O–H groups in total. The number of ether oxygens (including phenoxy) is 1. The van der Waals surface area contributed by atoms with Crippen LogP contribution in [0.15, 0.2) is 30.3 Å². The SMILES string of the molecule is COCCNCCc1ccc2nc(C)ccc2c1. The highest BCUT2D eigenvalue weighted by Crippen LogP contribution is 2.14. The standard InChI is InChI=1S/C15H20N2O/c1-12-3-5-14-11-13(4-6-15(14)17-12)7-8-16-9-10-18-2/h3-6,11,16H,7-10H2,1-2H3. The van der Waals surface area contributed by atoms with Gasteiger partial charge in [0.15, 0.2) is 0 Å². The summed E-state index contributed by atoms with van der Waals surface area (Å²) >= 11 is 0. The maximum absolute atomic E-state index is 4.99. The summed E-state index contributed by atoms with van der Waals surface area (Å²) < 4.78 is 4.99. The second kappa shape index (κ2) is 6.47. The average molecular weight is 244 g/mol. The van der Waals surface area contributed by atoms with Gasteiger partial charge in [0.25, 0.3) is 0 Å². The Morgan fingerprint density at radius 3 is 2.89 bits per heavy atom. The first kappa shape index (κ1) is 13.0. The van der Waals surface area contributed by atoms with Crippen LogP contribution in [0.4, 0.5) is 0 Å². The van der Waals surface area contributed by atoms with Crippen LogP contribution in [0.2, 0.25) is 0 Å². The van der Waals surface area contributed by atoms with E-state index in [-0.39, 0.29) is 0 Å². The lowest BCUT2D eigenvalue weighted by Gasteiger charge is -2.06. The third kappa shape index (κ3) is 3.52. The van der Waals surface area contributed by atoms with E-state index in [1.54, 1.807) is 7.11 Å². The molecule has 0 spiro atoms. The van der Waals surface area contributed by atoms with Crippen LogP contribution in [0.5, 0.6) is 0 Å². The Balaban J connectivity index is 1.95. The zero-order chi connectivity index (χ0) is 12.8. The molecule has 0 aliphatic heterocycles. The van der Waals surface area contributed by atoms with Gasteiger partial charge in [-0.2, -0.15) is 0 Å². The van der Waals surface area contributed by atoms with Crippen LogP contribution in [0, 0.1) is 6.92 Å². The zero-order valence-electron chi connectivity index (χ0n) is 11.1. The smallest absolute Gasteiger partial charge is 0.0705 e. The first-order chi connectivity index (χ1) is 8.79. The normalized spacial score (nSPS) is 11.0. The lowest BCUT2D eigenvalue weighted by atomic mass is 10.1. The van der Waals surface area contributed by atoms with Gasteiger partial charge in [0.2, 0.25) is 0 Å². The molecule has 2 aromatic rings. The van der Waals surface area contributed by atoms with Gasteiger partial charge in [-0.3, -0.25) is 4.98 Å². The Kier molecular flexibility index (Phi) is 4.67. The van der Waals surface area contributed by atoms with Crippen molar-refractivity contribution in [2.75, 3.05) is 26.8 Å². The third-order valence-electron chi connectivity index (χ3n) is 2.97. The van der Waals surface area contributed by atoms with Crippen molar-refractivity contribution < 1.29 is 4.74 Å². The van der Waals surface area contributed by atoms with E-state index in [2.05, 4.69) is 40.6 Å². The van der Waals surface area contributed by atoms with Crippen LogP contribution in [0.25, 0.3) is 10.9 Å². The van der Waals surface area contributed by atoms with Crippen molar-refractivity contribution in [1.82, 2.24) is 10.3 Å². The average Bonchev–Trinajstić information content (AvgIpc) is 2.38. The molecule has 0 saturated heterocycles. The van der Waals surface area contributed by atoms with Gasteiger partial charge in [-0.25, -0.2) is 0 Å². The molecular formula is C15H20N2O. The first-order valence-electron chi connectivity index (χ1n) is 6.35. The van der Waals surface area contributed by atoms with E-state index in [4.69, 9.17) is 4.74 Å². The number of hydrogen-bond donors (Lipinski definition) is 1. The molecule has 0 atom stereocenters. The van der Waals surface area contributed by atoms with Crippen LogP contribution in [0.3, 0.4) is 0 Å². The molecule has 1 aromatic heterocycles. The van der Waals surface area contributed by atoms with Gasteiger partial charge < -0.3 is 10.1 Å². The quantitative estimate of drug-likeness (QED) is 0.792. The highest BCUT2D eigenvalue weighted by Gasteiger charge is 1.98. The minimum atomic E-state index is 0.765. The van der Waals surface area contributed by atoms with E-state index in [1.807, 2.05) is 6.92 Å². The summed E-state index contributed by atoms with van der Waals surface area (Å²) in [6.45, 7) is 4.67. The highest BCUT2D eigenvalue weighted by atomic mass is 16.5. The van der Waals surface area contributed by atoms with E-state index in [0.29, 0.717) is 0 Å². The topological polar surface area (TPSA) is 34.1 Å². The fourth-order valence-corrected chi connectivity index (χ4v) is 1.96. The third-order valence-corrected chi connectivity index (χ3v) is 2.97. The number of aromatic nitrogens is 1. The Morgan fingerprint density at radius 2 is 2.06 bits per heavy atom. The summed E-state index contributed by atoms with van der Waals surface area (Å²) in [5.41, 5.74) is 3.49. The Morgan fingerprint density at radius 1 is 1.17 bits per heavy atom. The second-order valence-electron chi connectivity index (χ2n) is 4.47. The van der Waals surface area contributed by atoms with Crippen molar-refractivity contribution >= 4 is 10.9 Å². The number of pyridine rings is 1. The van der Waals surface area contributed by atoms with Crippen molar-refractivity contribution in [2.45, 2.75) is 13.3 Å². The van der Waals surface area contributed by atoms with Gasteiger partial charge in [0, 0.05) is 24.7 Å². The molecule has 3 nitrogen and oxygen atoms in total. The second-order valence-corrected chi connectivity index (χ2v) is 4.47. The fourth-order valence-electron chi connectivity index (χ4n) is 1.96. The number of rotatable bonds is 6. The number of nitrogens with zero attached hydrogens (tertiary/aromatic N) is 1. The molecule has 1 aromatic carbocycles. The van der Waals surface area contributed by atoms with Gasteiger partial charge >= 0.3 is 0 Å². The Bertz CT molecular complexity index is 511. The summed E-state index contributed by atoms with van der Waals surface area (Å²) in [6.07, 6.45) is 1.04. The molecule has 96 valence electrons. The maximum atomic E-state index is 4.99. The van der Waals surface area contributed by atoms with Gasteiger partial charge in [-0.05, 0) is 43.7 Å². The molecule has 0 aliphatic rings. The summed E-state index contributed by atoms with van der Waals surface area (Å²) in [6, 6.07) is 10.7. The predicted molar refractivity (Wildman–Crippen MR) is 74.9 cm³/mol. The largest absolute Gasteiger partial charge is 0.383 e. The Labute approximate surface area is 108 Å².